The van der Waals surface area contributed by atoms with Crippen molar-refractivity contribution < 1.29 is 0 Å². The van der Waals surface area contributed by atoms with Gasteiger partial charge in [0.1, 0.15) is 0 Å². The van der Waals surface area contributed by atoms with Crippen LogP contribution in [0, 0.1) is 11.8 Å². The van der Waals surface area contributed by atoms with E-state index in [4.69, 9.17) is 0 Å². The monoisotopic (exact) mass is 193 g/mol. The zero-order valence-electron chi connectivity index (χ0n) is 8.71. The van der Waals surface area contributed by atoms with Crippen molar-refractivity contribution >= 4 is 5.96 Å². The molecule has 3 heteroatoms. The van der Waals surface area contributed by atoms with Crippen molar-refractivity contribution in [1.82, 2.24) is 10.2 Å². The Labute approximate surface area is 85.6 Å². The van der Waals surface area contributed by atoms with E-state index in [1.54, 1.807) is 0 Å². The summed E-state index contributed by atoms with van der Waals surface area (Å²) in [4.78, 5) is 7.01. The third kappa shape index (κ3) is 1.49. The van der Waals surface area contributed by atoms with Crippen molar-refractivity contribution in [3.63, 3.8) is 0 Å². The molecule has 1 saturated carbocycles. The molecule has 3 nitrogen and oxygen atoms in total. The maximum atomic E-state index is 4.52. The highest BCUT2D eigenvalue weighted by Gasteiger charge is 2.32. The number of nitrogens with zero attached hydrogens (tertiary/aromatic N) is 2. The molecule has 0 aromatic heterocycles. The van der Waals surface area contributed by atoms with Crippen LogP contribution < -0.4 is 5.32 Å². The molecule has 1 aliphatic carbocycles. The zero-order chi connectivity index (χ0) is 9.38. The number of piperidine rings is 1. The number of hydrogen-bond donors (Lipinski definition) is 1. The van der Waals surface area contributed by atoms with Crippen LogP contribution in [0.4, 0.5) is 0 Å². The highest BCUT2D eigenvalue weighted by atomic mass is 15.3. The van der Waals surface area contributed by atoms with Gasteiger partial charge < -0.3 is 10.2 Å². The highest BCUT2D eigenvalue weighted by molar-refractivity contribution is 5.81. The van der Waals surface area contributed by atoms with Crippen LogP contribution in [0.15, 0.2) is 4.99 Å². The molecule has 0 radical (unpaired) electrons. The molecule has 0 spiro atoms. The van der Waals surface area contributed by atoms with Gasteiger partial charge in [-0.05, 0) is 31.1 Å². The van der Waals surface area contributed by atoms with Crippen molar-refractivity contribution in [3.8, 4) is 0 Å². The van der Waals surface area contributed by atoms with Gasteiger partial charge >= 0.3 is 0 Å². The van der Waals surface area contributed by atoms with E-state index in [-0.39, 0.29) is 0 Å². The molecule has 2 aliphatic heterocycles. The number of guanidine groups is 1. The van der Waals surface area contributed by atoms with Gasteiger partial charge in [0.25, 0.3) is 0 Å². The normalized spacial score (nSPS) is 36.6. The Morgan fingerprint density at radius 2 is 2.00 bits per heavy atom. The van der Waals surface area contributed by atoms with Gasteiger partial charge in [0.15, 0.2) is 5.96 Å². The Bertz CT molecular complexity index is 237. The first-order valence-corrected chi connectivity index (χ1v) is 5.95. The third-order valence-corrected chi connectivity index (χ3v) is 3.80. The topological polar surface area (TPSA) is 27.6 Å². The number of rotatable bonds is 0. The van der Waals surface area contributed by atoms with E-state index >= 15 is 0 Å². The number of aliphatic imine (C=N–C) groups is 1. The molecule has 0 aromatic carbocycles. The first kappa shape index (κ1) is 8.57. The van der Waals surface area contributed by atoms with Crippen LogP contribution in [0.25, 0.3) is 0 Å². The molecule has 2 unspecified atom stereocenters. The Hall–Kier alpha value is -0.730. The predicted molar refractivity (Wildman–Crippen MR) is 57.3 cm³/mol. The molecule has 0 amide bonds. The zero-order valence-corrected chi connectivity index (χ0v) is 8.71. The van der Waals surface area contributed by atoms with Crippen molar-refractivity contribution in [2.75, 3.05) is 26.2 Å². The van der Waals surface area contributed by atoms with Crippen LogP contribution in [-0.2, 0) is 0 Å². The van der Waals surface area contributed by atoms with Crippen molar-refractivity contribution in [2.24, 2.45) is 16.8 Å². The Balaban J connectivity index is 1.70. The minimum absolute atomic E-state index is 0.951. The summed E-state index contributed by atoms with van der Waals surface area (Å²) in [5.41, 5.74) is 0. The van der Waals surface area contributed by atoms with E-state index in [1.807, 2.05) is 0 Å². The van der Waals surface area contributed by atoms with Crippen molar-refractivity contribution in [1.29, 1.82) is 0 Å². The lowest BCUT2D eigenvalue weighted by Gasteiger charge is -2.42. The summed E-state index contributed by atoms with van der Waals surface area (Å²) in [6, 6.07) is 0. The molecule has 2 heterocycles. The van der Waals surface area contributed by atoms with Crippen molar-refractivity contribution in [2.45, 2.75) is 25.7 Å². The average Bonchev–Trinajstić information content (AvgIpc) is 2.69. The van der Waals surface area contributed by atoms with E-state index in [0.717, 1.165) is 24.9 Å². The Morgan fingerprint density at radius 3 is 2.64 bits per heavy atom. The van der Waals surface area contributed by atoms with Crippen LogP contribution >= 0.6 is 0 Å². The summed E-state index contributed by atoms with van der Waals surface area (Å²) in [6.45, 7) is 4.52. The second-order valence-electron chi connectivity index (χ2n) is 4.94. The van der Waals surface area contributed by atoms with Crippen LogP contribution in [0.3, 0.4) is 0 Å². The van der Waals surface area contributed by atoms with Gasteiger partial charge in [0.05, 0.1) is 6.54 Å². The number of fused-ring (bicyclic) bond motifs is 2. The van der Waals surface area contributed by atoms with Gasteiger partial charge in [-0.2, -0.15) is 0 Å². The van der Waals surface area contributed by atoms with Crippen LogP contribution in [0.1, 0.15) is 25.7 Å². The molecule has 1 N–H and O–H groups in total. The molecule has 14 heavy (non-hydrogen) atoms. The molecule has 2 atom stereocenters. The second kappa shape index (κ2) is 3.44. The van der Waals surface area contributed by atoms with Gasteiger partial charge in [-0.25, -0.2) is 0 Å². The maximum absolute atomic E-state index is 4.52. The lowest BCUT2D eigenvalue weighted by atomic mass is 9.78. The van der Waals surface area contributed by atoms with Gasteiger partial charge in [0, 0.05) is 19.6 Å². The smallest absolute Gasteiger partial charge is 0.194 e. The molecule has 1 saturated heterocycles. The molecular formula is C11H19N3. The summed E-state index contributed by atoms with van der Waals surface area (Å²) in [5.74, 6) is 3.08. The molecular weight excluding hydrogens is 174 g/mol. The summed E-state index contributed by atoms with van der Waals surface area (Å²) in [5, 5.41) is 3.39. The van der Waals surface area contributed by atoms with Gasteiger partial charge in [-0.3, -0.25) is 4.99 Å². The predicted octanol–water partition coefficient (Wildman–Crippen LogP) is 1.07. The maximum Gasteiger partial charge on any atom is 0.194 e. The summed E-state index contributed by atoms with van der Waals surface area (Å²) >= 11 is 0. The van der Waals surface area contributed by atoms with Gasteiger partial charge in [-0.15, -0.1) is 0 Å². The van der Waals surface area contributed by atoms with Gasteiger partial charge in [0.2, 0.25) is 0 Å². The lowest BCUT2D eigenvalue weighted by molar-refractivity contribution is 0.134. The number of hydrogen-bond acceptors (Lipinski definition) is 3. The lowest BCUT2D eigenvalue weighted by Crippen LogP contribution is -2.49. The first-order chi connectivity index (χ1) is 6.92. The van der Waals surface area contributed by atoms with Crippen LogP contribution in [0.5, 0.6) is 0 Å². The summed E-state index contributed by atoms with van der Waals surface area (Å²) in [7, 11) is 0. The standard InChI is InChI=1S/C11H19N3/c1-2-9-6-10(3-1)8-14(7-9)11-12-4-5-13-11/h9-10H,1-8H2,(H,12,13). The quantitative estimate of drug-likeness (QED) is 0.623. The van der Waals surface area contributed by atoms with E-state index in [9.17, 15) is 0 Å². The van der Waals surface area contributed by atoms with Crippen molar-refractivity contribution in [3.05, 3.63) is 0 Å². The Kier molecular flexibility index (Phi) is 2.11. The fourth-order valence-electron chi connectivity index (χ4n) is 3.20. The summed E-state index contributed by atoms with van der Waals surface area (Å²) < 4.78 is 0. The molecule has 2 fully saturated rings. The first-order valence-electron chi connectivity index (χ1n) is 5.95. The Morgan fingerprint density at radius 1 is 1.21 bits per heavy atom. The minimum atomic E-state index is 0.951. The molecule has 0 aromatic rings. The minimum Gasteiger partial charge on any atom is -0.354 e. The largest absolute Gasteiger partial charge is 0.354 e. The number of nitrogens with one attached hydrogen (secondary N) is 1. The highest BCUT2D eigenvalue weighted by Crippen LogP contribution is 2.34. The summed E-state index contributed by atoms with van der Waals surface area (Å²) in [6.07, 6.45) is 5.83. The van der Waals surface area contributed by atoms with E-state index in [2.05, 4.69) is 15.2 Å². The molecule has 78 valence electrons. The second-order valence-corrected chi connectivity index (χ2v) is 4.94. The fourth-order valence-corrected chi connectivity index (χ4v) is 3.20. The van der Waals surface area contributed by atoms with E-state index < -0.39 is 0 Å². The number of likely N-dealkylation sites (tertiary alicyclic amines) is 1. The SMILES string of the molecule is C1CC2CC(C1)CN(C1=NCCN1)C2. The molecule has 3 aliphatic rings. The van der Waals surface area contributed by atoms with Crippen LogP contribution in [0.2, 0.25) is 0 Å². The van der Waals surface area contributed by atoms with E-state index in [1.165, 1.54) is 44.7 Å². The third-order valence-electron chi connectivity index (χ3n) is 3.80. The van der Waals surface area contributed by atoms with Gasteiger partial charge in [-0.1, -0.05) is 6.42 Å². The molecule has 2 bridgehead atoms. The molecule has 3 rings (SSSR count). The average molecular weight is 193 g/mol. The van der Waals surface area contributed by atoms with Crippen LogP contribution in [-0.4, -0.2) is 37.0 Å². The van der Waals surface area contributed by atoms with E-state index in [0.29, 0.717) is 0 Å². The fraction of sp³-hybridized carbons (Fsp3) is 0.909.